The Morgan fingerprint density at radius 3 is 2.54 bits per heavy atom. The standard InChI is InChI=1S/C19H15F2N3OS/c1-11-17-14(18(20)21)10-15(16-4-3-9-26-16)22-19(17)24(23-11)12-5-7-13(25-2)8-6-12/h3-10,18H,1-2H3. The maximum Gasteiger partial charge on any atom is 0.264 e. The number of hydrogen-bond acceptors (Lipinski definition) is 4. The molecule has 7 heteroatoms. The van der Waals surface area contributed by atoms with Gasteiger partial charge >= 0.3 is 0 Å². The van der Waals surface area contributed by atoms with E-state index in [9.17, 15) is 8.78 Å². The minimum absolute atomic E-state index is 0.0457. The van der Waals surface area contributed by atoms with E-state index >= 15 is 0 Å². The van der Waals surface area contributed by atoms with Gasteiger partial charge in [-0.2, -0.15) is 5.10 Å². The molecule has 0 N–H and O–H groups in total. The molecular weight excluding hydrogens is 356 g/mol. The molecule has 0 spiro atoms. The number of halogens is 2. The van der Waals surface area contributed by atoms with Crippen LogP contribution in [0.25, 0.3) is 27.3 Å². The molecule has 132 valence electrons. The fraction of sp³-hybridized carbons (Fsp3) is 0.158. The fourth-order valence-corrected chi connectivity index (χ4v) is 3.63. The second kappa shape index (κ2) is 6.49. The van der Waals surface area contributed by atoms with Crippen LogP contribution in [0.15, 0.2) is 47.8 Å². The highest BCUT2D eigenvalue weighted by Gasteiger charge is 2.21. The summed E-state index contributed by atoms with van der Waals surface area (Å²) in [5, 5.41) is 6.76. The Balaban J connectivity index is 1.99. The summed E-state index contributed by atoms with van der Waals surface area (Å²) < 4.78 is 34.2. The van der Waals surface area contributed by atoms with E-state index in [1.165, 1.54) is 17.4 Å². The van der Waals surface area contributed by atoms with Crippen molar-refractivity contribution >= 4 is 22.4 Å². The van der Waals surface area contributed by atoms with E-state index in [0.29, 0.717) is 28.2 Å². The van der Waals surface area contributed by atoms with Crippen LogP contribution in [0.3, 0.4) is 0 Å². The molecule has 0 atom stereocenters. The quantitative estimate of drug-likeness (QED) is 0.482. The van der Waals surface area contributed by atoms with E-state index in [0.717, 1.165) is 10.6 Å². The Bertz CT molecular complexity index is 1060. The first-order chi connectivity index (χ1) is 12.6. The van der Waals surface area contributed by atoms with Crippen LogP contribution in [0.2, 0.25) is 0 Å². The van der Waals surface area contributed by atoms with Crippen LogP contribution >= 0.6 is 11.3 Å². The van der Waals surface area contributed by atoms with Crippen molar-refractivity contribution in [2.75, 3.05) is 7.11 Å². The lowest BCUT2D eigenvalue weighted by Gasteiger charge is -2.08. The molecule has 0 saturated carbocycles. The number of benzene rings is 1. The van der Waals surface area contributed by atoms with Gasteiger partial charge in [-0.1, -0.05) is 6.07 Å². The number of nitrogens with zero attached hydrogens (tertiary/aromatic N) is 3. The van der Waals surface area contributed by atoms with Gasteiger partial charge in [-0.25, -0.2) is 18.4 Å². The van der Waals surface area contributed by atoms with Gasteiger partial charge in [-0.05, 0) is 48.7 Å². The maximum absolute atomic E-state index is 13.7. The van der Waals surface area contributed by atoms with Crippen molar-refractivity contribution in [3.05, 3.63) is 59.1 Å². The molecule has 3 aromatic heterocycles. The van der Waals surface area contributed by atoms with E-state index in [4.69, 9.17) is 4.74 Å². The zero-order chi connectivity index (χ0) is 18.3. The van der Waals surface area contributed by atoms with Crippen LogP contribution < -0.4 is 4.74 Å². The van der Waals surface area contributed by atoms with Crippen molar-refractivity contribution in [3.63, 3.8) is 0 Å². The Morgan fingerprint density at radius 2 is 1.92 bits per heavy atom. The van der Waals surface area contributed by atoms with E-state index in [1.54, 1.807) is 30.8 Å². The number of hydrogen-bond donors (Lipinski definition) is 0. The summed E-state index contributed by atoms with van der Waals surface area (Å²) in [6.45, 7) is 1.72. The first-order valence-corrected chi connectivity index (χ1v) is 8.83. The number of rotatable bonds is 4. The Kier molecular flexibility index (Phi) is 4.16. The molecule has 0 unspecified atom stereocenters. The number of alkyl halides is 2. The Hall–Kier alpha value is -2.80. The van der Waals surface area contributed by atoms with E-state index in [1.807, 2.05) is 29.6 Å². The molecule has 4 rings (SSSR count). The van der Waals surface area contributed by atoms with Crippen molar-refractivity contribution in [1.29, 1.82) is 0 Å². The molecule has 0 fully saturated rings. The van der Waals surface area contributed by atoms with Gasteiger partial charge in [-0.15, -0.1) is 11.3 Å². The molecule has 3 heterocycles. The molecule has 1 aromatic carbocycles. The summed E-state index contributed by atoms with van der Waals surface area (Å²) in [5.74, 6) is 0.711. The molecule has 0 saturated heterocycles. The second-order valence-corrected chi connectivity index (χ2v) is 6.72. The minimum Gasteiger partial charge on any atom is -0.497 e. The molecular formula is C19H15F2N3OS. The molecule has 0 aliphatic rings. The van der Waals surface area contributed by atoms with Gasteiger partial charge in [0.15, 0.2) is 5.65 Å². The zero-order valence-corrected chi connectivity index (χ0v) is 14.9. The van der Waals surface area contributed by atoms with Crippen molar-refractivity contribution in [3.8, 4) is 22.0 Å². The highest BCUT2D eigenvalue weighted by molar-refractivity contribution is 7.13. The summed E-state index contributed by atoms with van der Waals surface area (Å²) in [6, 6.07) is 12.5. The van der Waals surface area contributed by atoms with Crippen LogP contribution in [0.1, 0.15) is 17.7 Å². The van der Waals surface area contributed by atoms with E-state index in [-0.39, 0.29) is 5.56 Å². The van der Waals surface area contributed by atoms with Gasteiger partial charge in [0.05, 0.1) is 34.4 Å². The van der Waals surface area contributed by atoms with Gasteiger partial charge in [0.25, 0.3) is 6.43 Å². The normalized spacial score (nSPS) is 11.4. The van der Waals surface area contributed by atoms with Gasteiger partial charge in [0.2, 0.25) is 0 Å². The predicted molar refractivity (Wildman–Crippen MR) is 98.4 cm³/mol. The SMILES string of the molecule is COc1ccc(-n2nc(C)c3c(C(F)F)cc(-c4cccs4)nc32)cc1. The fourth-order valence-electron chi connectivity index (χ4n) is 2.95. The lowest BCUT2D eigenvalue weighted by Crippen LogP contribution is -1.99. The molecule has 0 aliphatic heterocycles. The van der Waals surface area contributed by atoms with Crippen LogP contribution in [0.4, 0.5) is 8.78 Å². The third-order valence-corrected chi connectivity index (χ3v) is 5.06. The summed E-state index contributed by atoms with van der Waals surface area (Å²) >= 11 is 1.46. The average Bonchev–Trinajstić information content (AvgIpc) is 3.29. The molecule has 0 radical (unpaired) electrons. The highest BCUT2D eigenvalue weighted by atomic mass is 32.1. The largest absolute Gasteiger partial charge is 0.497 e. The van der Waals surface area contributed by atoms with E-state index in [2.05, 4.69) is 10.1 Å². The monoisotopic (exact) mass is 371 g/mol. The summed E-state index contributed by atoms with van der Waals surface area (Å²) in [6.07, 6.45) is -2.61. The van der Waals surface area contributed by atoms with Gasteiger partial charge in [-0.3, -0.25) is 0 Å². The van der Waals surface area contributed by atoms with Gasteiger partial charge in [0.1, 0.15) is 5.75 Å². The third kappa shape index (κ3) is 2.74. The number of thiophene rings is 1. The molecule has 0 bridgehead atoms. The number of aryl methyl sites for hydroxylation is 1. The maximum atomic E-state index is 13.7. The topological polar surface area (TPSA) is 39.9 Å². The van der Waals surface area contributed by atoms with Crippen LogP contribution in [0, 0.1) is 6.92 Å². The highest BCUT2D eigenvalue weighted by Crippen LogP contribution is 2.35. The predicted octanol–water partition coefficient (Wildman–Crippen LogP) is 5.40. The van der Waals surface area contributed by atoms with Crippen LogP contribution in [0.5, 0.6) is 5.75 Å². The van der Waals surface area contributed by atoms with Gasteiger partial charge < -0.3 is 4.74 Å². The lowest BCUT2D eigenvalue weighted by molar-refractivity contribution is 0.153. The average molecular weight is 371 g/mol. The molecule has 26 heavy (non-hydrogen) atoms. The van der Waals surface area contributed by atoms with Crippen molar-refractivity contribution in [1.82, 2.24) is 14.8 Å². The zero-order valence-electron chi connectivity index (χ0n) is 14.1. The number of aromatic nitrogens is 3. The first kappa shape index (κ1) is 16.7. The third-order valence-electron chi connectivity index (χ3n) is 4.17. The smallest absolute Gasteiger partial charge is 0.264 e. The summed E-state index contributed by atoms with van der Waals surface area (Å²) in [5.41, 5.74) is 2.17. The first-order valence-electron chi connectivity index (χ1n) is 7.95. The molecule has 4 aromatic rings. The molecule has 0 amide bonds. The molecule has 0 aliphatic carbocycles. The summed E-state index contributed by atoms with van der Waals surface area (Å²) in [7, 11) is 1.59. The lowest BCUT2D eigenvalue weighted by atomic mass is 10.1. The van der Waals surface area contributed by atoms with Crippen LogP contribution in [-0.2, 0) is 0 Å². The van der Waals surface area contributed by atoms with Crippen molar-refractivity contribution in [2.45, 2.75) is 13.3 Å². The summed E-state index contributed by atoms with van der Waals surface area (Å²) in [4.78, 5) is 5.49. The number of ether oxygens (including phenoxy) is 1. The number of methoxy groups -OCH3 is 1. The van der Waals surface area contributed by atoms with Crippen LogP contribution in [-0.4, -0.2) is 21.9 Å². The minimum atomic E-state index is -2.61. The number of fused-ring (bicyclic) bond motifs is 1. The second-order valence-electron chi connectivity index (χ2n) is 5.77. The Labute approximate surface area is 152 Å². The van der Waals surface area contributed by atoms with E-state index < -0.39 is 6.43 Å². The molecule has 4 nitrogen and oxygen atoms in total. The van der Waals surface area contributed by atoms with Gasteiger partial charge in [0, 0.05) is 5.56 Å². The number of pyridine rings is 1. The van der Waals surface area contributed by atoms with Crippen molar-refractivity contribution in [2.24, 2.45) is 0 Å². The van der Waals surface area contributed by atoms with Crippen molar-refractivity contribution < 1.29 is 13.5 Å². The Morgan fingerprint density at radius 1 is 1.15 bits per heavy atom.